The van der Waals surface area contributed by atoms with Crippen LogP contribution in [-0.2, 0) is 12.8 Å². The van der Waals surface area contributed by atoms with Gasteiger partial charge in [0.25, 0.3) is 0 Å². The molecule has 0 fully saturated rings. The fourth-order valence-electron chi connectivity index (χ4n) is 3.56. The summed E-state index contributed by atoms with van der Waals surface area (Å²) in [4.78, 5) is 24.1. The predicted octanol–water partition coefficient (Wildman–Crippen LogP) is 4.90. The summed E-state index contributed by atoms with van der Waals surface area (Å²) in [5.74, 6) is 0.217. The number of benzene rings is 2. The molecule has 0 atom stereocenters. The van der Waals surface area contributed by atoms with E-state index >= 15 is 0 Å². The molecule has 138 valence electrons. The number of rotatable bonds is 4. The minimum atomic E-state index is -0.432. The molecule has 3 aromatic rings. The third kappa shape index (κ3) is 3.62. The number of halogens is 1. The lowest BCUT2D eigenvalue weighted by Gasteiger charge is -2.16. The number of Topliss-reactive ketones (excluding diaryl/α,β-unsaturated/α-hetero) is 1. The molecule has 1 aromatic heterocycles. The molecule has 0 saturated carbocycles. The summed E-state index contributed by atoms with van der Waals surface area (Å²) in [5.41, 5.74) is 3.98. The third-order valence-electron chi connectivity index (χ3n) is 5.03. The van der Waals surface area contributed by atoms with Gasteiger partial charge in [-0.1, -0.05) is 23.7 Å². The van der Waals surface area contributed by atoms with Crippen LogP contribution in [0.3, 0.4) is 0 Å². The fraction of sp³-hybridized carbons (Fsp3) is 0.273. The van der Waals surface area contributed by atoms with Crippen molar-refractivity contribution in [3.63, 3.8) is 0 Å². The Labute approximate surface area is 161 Å². The van der Waals surface area contributed by atoms with E-state index in [0.29, 0.717) is 21.9 Å². The van der Waals surface area contributed by atoms with Crippen LogP contribution in [0, 0.1) is 6.92 Å². The maximum atomic E-state index is 12.5. The molecule has 0 saturated heterocycles. The Kier molecular flexibility index (Phi) is 4.75. The number of carbonyl (C=O) groups excluding carboxylic acids is 1. The molecule has 27 heavy (non-hydrogen) atoms. The molecule has 5 heteroatoms. The van der Waals surface area contributed by atoms with Crippen LogP contribution in [0.2, 0.25) is 5.02 Å². The van der Waals surface area contributed by atoms with E-state index < -0.39 is 5.63 Å². The van der Waals surface area contributed by atoms with E-state index in [4.69, 9.17) is 20.8 Å². The lowest BCUT2D eigenvalue weighted by molar-refractivity contribution is 0.0921. The van der Waals surface area contributed by atoms with Crippen molar-refractivity contribution in [2.24, 2.45) is 0 Å². The lowest BCUT2D eigenvalue weighted by atomic mass is 9.90. The van der Waals surface area contributed by atoms with Crippen molar-refractivity contribution < 1.29 is 13.9 Å². The van der Waals surface area contributed by atoms with E-state index in [1.54, 1.807) is 12.1 Å². The van der Waals surface area contributed by atoms with Gasteiger partial charge in [0.05, 0.1) is 5.02 Å². The smallest absolute Gasteiger partial charge is 0.336 e. The van der Waals surface area contributed by atoms with Crippen molar-refractivity contribution >= 4 is 28.4 Å². The first-order valence-corrected chi connectivity index (χ1v) is 9.41. The summed E-state index contributed by atoms with van der Waals surface area (Å²) in [6.07, 6.45) is 4.47. The fourth-order valence-corrected chi connectivity index (χ4v) is 3.78. The number of fused-ring (bicyclic) bond motifs is 2. The molecule has 1 aliphatic rings. The Morgan fingerprint density at radius 2 is 1.89 bits per heavy atom. The Morgan fingerprint density at radius 3 is 2.70 bits per heavy atom. The van der Waals surface area contributed by atoms with Crippen molar-refractivity contribution in [3.05, 3.63) is 74.1 Å². The molecule has 0 N–H and O–H groups in total. The molecule has 0 aliphatic heterocycles. The average Bonchev–Trinajstić information content (AvgIpc) is 2.66. The molecule has 1 heterocycles. The second-order valence-electron chi connectivity index (χ2n) is 6.93. The van der Waals surface area contributed by atoms with Gasteiger partial charge in [0, 0.05) is 23.1 Å². The van der Waals surface area contributed by atoms with Gasteiger partial charge in [0.2, 0.25) is 0 Å². The van der Waals surface area contributed by atoms with Gasteiger partial charge in [-0.3, -0.25) is 4.79 Å². The van der Waals surface area contributed by atoms with Crippen molar-refractivity contribution in [2.45, 2.75) is 32.6 Å². The Hall–Kier alpha value is -2.59. The maximum absolute atomic E-state index is 12.5. The quantitative estimate of drug-likeness (QED) is 0.476. The Bertz CT molecular complexity index is 1100. The molecule has 0 spiro atoms. The highest BCUT2D eigenvalue weighted by atomic mass is 35.5. The van der Waals surface area contributed by atoms with Crippen LogP contribution in [0.1, 0.15) is 39.9 Å². The number of carbonyl (C=O) groups is 1. The van der Waals surface area contributed by atoms with Crippen molar-refractivity contribution in [1.82, 2.24) is 0 Å². The molecule has 0 unspecified atom stereocenters. The zero-order valence-corrected chi connectivity index (χ0v) is 15.8. The number of ether oxygens (including phenoxy) is 1. The summed E-state index contributed by atoms with van der Waals surface area (Å²) >= 11 is 6.28. The molecule has 0 radical (unpaired) electrons. The molecule has 4 rings (SSSR count). The molecule has 1 aliphatic carbocycles. The van der Waals surface area contributed by atoms with Crippen molar-refractivity contribution in [3.8, 4) is 5.75 Å². The van der Waals surface area contributed by atoms with Crippen LogP contribution < -0.4 is 10.4 Å². The van der Waals surface area contributed by atoms with Crippen molar-refractivity contribution in [1.29, 1.82) is 0 Å². The molecular formula is C22H19ClO4. The van der Waals surface area contributed by atoms with E-state index in [0.717, 1.165) is 23.8 Å². The largest absolute Gasteiger partial charge is 0.484 e. The van der Waals surface area contributed by atoms with E-state index in [-0.39, 0.29) is 12.4 Å². The number of hydrogen-bond donors (Lipinski definition) is 0. The van der Waals surface area contributed by atoms with E-state index in [9.17, 15) is 9.59 Å². The van der Waals surface area contributed by atoms with Crippen LogP contribution >= 0.6 is 11.6 Å². The molecule has 2 aromatic carbocycles. The molecular weight excluding hydrogens is 364 g/mol. The highest BCUT2D eigenvalue weighted by Gasteiger charge is 2.15. The first-order chi connectivity index (χ1) is 13.0. The topological polar surface area (TPSA) is 56.5 Å². The van der Waals surface area contributed by atoms with E-state index in [1.807, 2.05) is 25.1 Å². The van der Waals surface area contributed by atoms with Crippen LogP contribution in [0.4, 0.5) is 0 Å². The van der Waals surface area contributed by atoms with Gasteiger partial charge in [0.15, 0.2) is 12.4 Å². The van der Waals surface area contributed by atoms with Gasteiger partial charge in [-0.25, -0.2) is 4.79 Å². The summed E-state index contributed by atoms with van der Waals surface area (Å²) in [6.45, 7) is 1.69. The van der Waals surface area contributed by atoms with Gasteiger partial charge in [-0.2, -0.15) is 0 Å². The van der Waals surface area contributed by atoms with Gasteiger partial charge in [0.1, 0.15) is 11.3 Å². The monoisotopic (exact) mass is 382 g/mol. The standard InChI is InChI=1S/C22H19ClO4/c1-13-8-22(25)27-20-11-21(18(23)10-17(13)20)26-12-19(24)16-7-6-14-4-2-3-5-15(14)9-16/h6-11H,2-5,12H2,1H3. The van der Waals surface area contributed by atoms with E-state index in [2.05, 4.69) is 0 Å². The van der Waals surface area contributed by atoms with Crippen molar-refractivity contribution in [2.75, 3.05) is 6.61 Å². The number of ketones is 1. The van der Waals surface area contributed by atoms with Gasteiger partial charge < -0.3 is 9.15 Å². The summed E-state index contributed by atoms with van der Waals surface area (Å²) in [5, 5.41) is 1.12. The minimum absolute atomic E-state index is 0.106. The molecule has 4 nitrogen and oxygen atoms in total. The lowest BCUT2D eigenvalue weighted by Crippen LogP contribution is -2.13. The Balaban J connectivity index is 1.55. The third-order valence-corrected chi connectivity index (χ3v) is 5.33. The summed E-state index contributed by atoms with van der Waals surface area (Å²) < 4.78 is 10.9. The highest BCUT2D eigenvalue weighted by Crippen LogP contribution is 2.31. The zero-order chi connectivity index (χ0) is 19.0. The molecule has 0 bridgehead atoms. The van der Waals surface area contributed by atoms with Crippen LogP contribution in [0.15, 0.2) is 45.6 Å². The van der Waals surface area contributed by atoms with Crippen LogP contribution in [0.5, 0.6) is 5.75 Å². The predicted molar refractivity (Wildman–Crippen MR) is 105 cm³/mol. The van der Waals surface area contributed by atoms with E-state index in [1.165, 1.54) is 30.0 Å². The van der Waals surface area contributed by atoms with Crippen LogP contribution in [-0.4, -0.2) is 12.4 Å². The van der Waals surface area contributed by atoms with Crippen LogP contribution in [0.25, 0.3) is 11.0 Å². The first kappa shape index (κ1) is 17.8. The summed E-state index contributed by atoms with van der Waals surface area (Å²) in [7, 11) is 0. The number of aryl methyl sites for hydroxylation is 3. The highest BCUT2D eigenvalue weighted by molar-refractivity contribution is 6.32. The second-order valence-corrected chi connectivity index (χ2v) is 7.34. The normalized spacial score (nSPS) is 13.4. The average molecular weight is 383 g/mol. The number of hydrogen-bond acceptors (Lipinski definition) is 4. The van der Waals surface area contributed by atoms with Gasteiger partial charge >= 0.3 is 5.63 Å². The Morgan fingerprint density at radius 1 is 1.11 bits per heavy atom. The SMILES string of the molecule is Cc1cc(=O)oc2cc(OCC(=O)c3ccc4c(c3)CCCC4)c(Cl)cc12. The first-order valence-electron chi connectivity index (χ1n) is 9.03. The zero-order valence-electron chi connectivity index (χ0n) is 15.0. The second kappa shape index (κ2) is 7.20. The van der Waals surface area contributed by atoms with Gasteiger partial charge in [-0.05, 0) is 61.4 Å². The minimum Gasteiger partial charge on any atom is -0.484 e. The maximum Gasteiger partial charge on any atom is 0.336 e. The molecule has 0 amide bonds. The summed E-state index contributed by atoms with van der Waals surface area (Å²) in [6, 6.07) is 10.5. The van der Waals surface area contributed by atoms with Gasteiger partial charge in [-0.15, -0.1) is 0 Å².